The molecule has 4 rings (SSSR count). The minimum absolute atomic E-state index is 0.453. The third kappa shape index (κ3) is 1.96. The molecule has 24 heavy (non-hydrogen) atoms. The molecular formula is C14H9N5O4S. The maximum atomic E-state index is 12.2. The van der Waals surface area contributed by atoms with Crippen molar-refractivity contribution in [2.45, 2.75) is 19.4 Å². The Kier molecular flexibility index (Phi) is 3.03. The number of fused-ring (bicyclic) bond motifs is 2. The van der Waals surface area contributed by atoms with Crippen LogP contribution in [0.1, 0.15) is 12.0 Å². The summed E-state index contributed by atoms with van der Waals surface area (Å²) < 4.78 is 4.21. The number of carbonyl (C=O) groups excluding carboxylic acids is 4. The number of carbonyl (C=O) groups is 4. The van der Waals surface area contributed by atoms with E-state index in [1.54, 1.807) is 0 Å². The number of hydrazine groups is 1. The van der Waals surface area contributed by atoms with Crippen LogP contribution in [0.15, 0.2) is 28.4 Å². The molecule has 9 nitrogen and oxygen atoms in total. The fraction of sp³-hybridized carbons (Fsp3) is 0.214. The molecule has 0 saturated carbocycles. The first-order valence-electron chi connectivity index (χ1n) is 6.98. The second kappa shape index (κ2) is 4.99. The largest absolute Gasteiger partial charge is 0.285 e. The van der Waals surface area contributed by atoms with E-state index in [0.717, 1.165) is 28.0 Å². The van der Waals surface area contributed by atoms with Gasteiger partial charge in [-0.1, -0.05) is 11.6 Å². The van der Waals surface area contributed by atoms with Crippen molar-refractivity contribution in [3.05, 3.63) is 23.8 Å². The molecule has 0 spiro atoms. The normalized spacial score (nSPS) is 18.7. The first kappa shape index (κ1) is 14.6. The van der Waals surface area contributed by atoms with Gasteiger partial charge in [0.2, 0.25) is 6.04 Å². The smallest absolute Gasteiger partial charge is 0.272 e. The predicted octanol–water partition coefficient (Wildman–Crippen LogP) is 1.10. The Balaban J connectivity index is 1.67. The first-order chi connectivity index (χ1) is 11.5. The Morgan fingerprint density at radius 3 is 2.46 bits per heavy atom. The molecule has 3 heterocycles. The quantitative estimate of drug-likeness (QED) is 0.460. The van der Waals surface area contributed by atoms with Gasteiger partial charge >= 0.3 is 0 Å². The van der Waals surface area contributed by atoms with Crippen LogP contribution in [0.25, 0.3) is 10.9 Å². The molecule has 0 bridgehead atoms. The molecule has 4 amide bonds. The van der Waals surface area contributed by atoms with Crippen molar-refractivity contribution in [3.63, 3.8) is 0 Å². The van der Waals surface area contributed by atoms with Crippen LogP contribution < -0.4 is 0 Å². The summed E-state index contributed by atoms with van der Waals surface area (Å²) in [6, 6.07) is 4.11. The standard InChI is InChI=1S/C14H9N5O4S/c1-6-2-3-8-7(4-6)12(24-17-8)16-15-11-13(22)18-9(20)5-10(21)19(18)14(11)23/h2-4,11H,5H2,1H3/b16-15+. The van der Waals surface area contributed by atoms with E-state index >= 15 is 0 Å². The van der Waals surface area contributed by atoms with Crippen molar-refractivity contribution in [1.29, 1.82) is 0 Å². The van der Waals surface area contributed by atoms with E-state index in [4.69, 9.17) is 0 Å². The molecule has 0 unspecified atom stereocenters. The first-order valence-corrected chi connectivity index (χ1v) is 7.75. The van der Waals surface area contributed by atoms with Gasteiger partial charge in [0.1, 0.15) is 6.42 Å². The molecule has 0 atom stereocenters. The maximum absolute atomic E-state index is 12.2. The minimum atomic E-state index is -1.51. The Bertz CT molecular complexity index is 933. The Morgan fingerprint density at radius 2 is 1.79 bits per heavy atom. The summed E-state index contributed by atoms with van der Waals surface area (Å²) in [6.07, 6.45) is -0.486. The number of amides is 4. The minimum Gasteiger partial charge on any atom is -0.272 e. The molecule has 10 heteroatoms. The van der Waals surface area contributed by atoms with Gasteiger partial charge in [-0.25, -0.2) is 0 Å². The highest BCUT2D eigenvalue weighted by Crippen LogP contribution is 2.32. The van der Waals surface area contributed by atoms with E-state index in [1.165, 1.54) is 0 Å². The lowest BCUT2D eigenvalue weighted by atomic mass is 10.2. The molecule has 2 aliphatic heterocycles. The molecule has 0 radical (unpaired) electrons. The SMILES string of the molecule is Cc1ccc2nsc(/N=N/C3C(=O)N4C(=O)CC(=O)N4C3=O)c2c1. The number of rotatable bonds is 2. The molecule has 2 saturated heterocycles. The van der Waals surface area contributed by atoms with E-state index in [2.05, 4.69) is 14.6 Å². The maximum Gasteiger partial charge on any atom is 0.285 e. The summed E-state index contributed by atoms with van der Waals surface area (Å²) in [7, 11) is 0. The second-order valence-corrected chi connectivity index (χ2v) is 6.14. The topological polar surface area (TPSA) is 112 Å². The fourth-order valence-corrected chi connectivity index (χ4v) is 3.30. The Morgan fingerprint density at radius 1 is 1.12 bits per heavy atom. The molecule has 2 fully saturated rings. The van der Waals surface area contributed by atoms with Gasteiger partial charge in [0.05, 0.1) is 5.52 Å². The summed E-state index contributed by atoms with van der Waals surface area (Å²) in [5.41, 5.74) is 1.74. The van der Waals surface area contributed by atoms with Crippen LogP contribution in [0.4, 0.5) is 5.00 Å². The van der Waals surface area contributed by atoms with Crippen molar-refractivity contribution in [3.8, 4) is 0 Å². The van der Waals surface area contributed by atoms with Crippen LogP contribution in [0.2, 0.25) is 0 Å². The average molecular weight is 343 g/mol. The molecule has 2 aliphatic rings. The molecule has 0 N–H and O–H groups in total. The van der Waals surface area contributed by atoms with E-state index in [0.29, 0.717) is 15.0 Å². The highest BCUT2D eigenvalue weighted by molar-refractivity contribution is 7.11. The number of benzene rings is 1. The van der Waals surface area contributed by atoms with Crippen molar-refractivity contribution in [2.75, 3.05) is 0 Å². The number of hydrogen-bond donors (Lipinski definition) is 0. The van der Waals surface area contributed by atoms with Gasteiger partial charge in [0, 0.05) is 5.39 Å². The van der Waals surface area contributed by atoms with Crippen LogP contribution in [-0.4, -0.2) is 44.1 Å². The number of nitrogens with zero attached hydrogens (tertiary/aromatic N) is 5. The van der Waals surface area contributed by atoms with Crippen LogP contribution in [0.5, 0.6) is 0 Å². The number of azo groups is 1. The lowest BCUT2D eigenvalue weighted by molar-refractivity contribution is -0.159. The van der Waals surface area contributed by atoms with E-state index < -0.39 is 36.1 Å². The van der Waals surface area contributed by atoms with E-state index in [9.17, 15) is 19.2 Å². The van der Waals surface area contributed by atoms with Crippen molar-refractivity contribution < 1.29 is 19.2 Å². The van der Waals surface area contributed by atoms with E-state index in [-0.39, 0.29) is 0 Å². The van der Waals surface area contributed by atoms with Crippen LogP contribution in [0.3, 0.4) is 0 Å². The Labute approximate surface area is 138 Å². The summed E-state index contributed by atoms with van der Waals surface area (Å²) in [4.78, 5) is 47.6. The summed E-state index contributed by atoms with van der Waals surface area (Å²) in [5.74, 6) is -3.17. The van der Waals surface area contributed by atoms with Crippen molar-refractivity contribution in [2.24, 2.45) is 10.2 Å². The number of aromatic nitrogens is 1. The van der Waals surface area contributed by atoms with Gasteiger partial charge in [0.25, 0.3) is 23.6 Å². The van der Waals surface area contributed by atoms with Crippen molar-refractivity contribution in [1.82, 2.24) is 14.4 Å². The zero-order valence-corrected chi connectivity index (χ0v) is 13.1. The third-order valence-electron chi connectivity index (χ3n) is 3.74. The highest BCUT2D eigenvalue weighted by Gasteiger charge is 2.56. The van der Waals surface area contributed by atoms with Crippen molar-refractivity contribution >= 4 is 51.1 Å². The number of aryl methyl sites for hydroxylation is 1. The summed E-state index contributed by atoms with van der Waals surface area (Å²) in [5, 5.41) is 10.0. The summed E-state index contributed by atoms with van der Waals surface area (Å²) >= 11 is 1.09. The second-order valence-electron chi connectivity index (χ2n) is 5.39. The van der Waals surface area contributed by atoms with Crippen LogP contribution in [-0.2, 0) is 19.2 Å². The van der Waals surface area contributed by atoms with Gasteiger partial charge in [-0.15, -0.1) is 5.11 Å². The monoisotopic (exact) mass is 343 g/mol. The summed E-state index contributed by atoms with van der Waals surface area (Å²) in [6.45, 7) is 1.92. The zero-order valence-electron chi connectivity index (χ0n) is 12.3. The fourth-order valence-electron chi connectivity index (χ4n) is 2.61. The molecule has 120 valence electrons. The Hall–Kier alpha value is -3.01. The molecule has 2 aromatic rings. The van der Waals surface area contributed by atoms with Crippen LogP contribution in [0, 0.1) is 6.92 Å². The van der Waals surface area contributed by atoms with Gasteiger partial charge in [-0.3, -0.25) is 19.2 Å². The number of hydrogen-bond acceptors (Lipinski definition) is 8. The highest BCUT2D eigenvalue weighted by atomic mass is 32.1. The molecule has 1 aromatic carbocycles. The number of imide groups is 2. The van der Waals surface area contributed by atoms with E-state index in [1.807, 2.05) is 25.1 Å². The van der Waals surface area contributed by atoms with Gasteiger partial charge in [0.15, 0.2) is 5.00 Å². The molecule has 1 aromatic heterocycles. The lowest BCUT2D eigenvalue weighted by Gasteiger charge is -2.12. The van der Waals surface area contributed by atoms with Gasteiger partial charge < -0.3 is 0 Å². The average Bonchev–Trinajstić information content (AvgIpc) is 3.14. The molecule has 0 aliphatic carbocycles. The zero-order chi connectivity index (χ0) is 17.0. The van der Waals surface area contributed by atoms with Gasteiger partial charge in [-0.2, -0.15) is 19.5 Å². The van der Waals surface area contributed by atoms with Crippen LogP contribution >= 0.6 is 11.5 Å². The third-order valence-corrected chi connectivity index (χ3v) is 4.50. The lowest BCUT2D eigenvalue weighted by Crippen LogP contribution is -2.38. The predicted molar refractivity (Wildman–Crippen MR) is 81.0 cm³/mol. The van der Waals surface area contributed by atoms with Gasteiger partial charge in [-0.05, 0) is 30.6 Å². The molecular weight excluding hydrogens is 334 g/mol.